The number of benzene rings is 1. The van der Waals surface area contributed by atoms with Crippen LogP contribution >= 0.6 is 11.6 Å². The average molecular weight is 228 g/mol. The second-order valence-electron chi connectivity index (χ2n) is 4.21. The van der Waals surface area contributed by atoms with E-state index in [2.05, 4.69) is 0 Å². The normalized spacial score (nSPS) is 15.4. The van der Waals surface area contributed by atoms with Crippen molar-refractivity contribution in [3.63, 3.8) is 0 Å². The van der Waals surface area contributed by atoms with Gasteiger partial charge in [-0.15, -0.1) is 11.6 Å². The summed E-state index contributed by atoms with van der Waals surface area (Å²) in [6, 6.07) is 5.09. The van der Waals surface area contributed by atoms with Crippen LogP contribution in [0.15, 0.2) is 18.2 Å². The van der Waals surface area contributed by atoms with Gasteiger partial charge in [0.15, 0.2) is 0 Å². The van der Waals surface area contributed by atoms with Crippen molar-refractivity contribution in [1.29, 1.82) is 0 Å². The Morgan fingerprint density at radius 1 is 1.47 bits per heavy atom. The van der Waals surface area contributed by atoms with Crippen LogP contribution in [0.5, 0.6) is 0 Å². The summed E-state index contributed by atoms with van der Waals surface area (Å²) in [5.41, 5.74) is 1.54. The summed E-state index contributed by atoms with van der Waals surface area (Å²) in [5, 5.41) is 0. The molecule has 0 bridgehead atoms. The van der Waals surface area contributed by atoms with Crippen LogP contribution in [0.4, 0.5) is 10.1 Å². The van der Waals surface area contributed by atoms with Crippen LogP contribution in [0.2, 0.25) is 0 Å². The molecule has 0 aliphatic heterocycles. The second-order valence-corrected chi connectivity index (χ2v) is 4.47. The molecular weight excluding hydrogens is 213 g/mol. The third-order valence-electron chi connectivity index (χ3n) is 2.83. The van der Waals surface area contributed by atoms with Crippen LogP contribution < -0.4 is 4.90 Å². The Balaban J connectivity index is 2.22. The van der Waals surface area contributed by atoms with Gasteiger partial charge < -0.3 is 4.90 Å². The van der Waals surface area contributed by atoms with Gasteiger partial charge in [0, 0.05) is 19.5 Å². The summed E-state index contributed by atoms with van der Waals surface area (Å²) in [6.07, 6.45) is 2.55. The van der Waals surface area contributed by atoms with Crippen molar-refractivity contribution >= 4 is 17.3 Å². The molecule has 0 unspecified atom stereocenters. The molecule has 1 nitrogen and oxygen atoms in total. The van der Waals surface area contributed by atoms with E-state index in [1.165, 1.54) is 18.9 Å². The molecule has 3 heteroatoms. The van der Waals surface area contributed by atoms with Crippen molar-refractivity contribution in [2.45, 2.75) is 18.7 Å². The Kier molecular flexibility index (Phi) is 3.15. The molecule has 2 rings (SSSR count). The van der Waals surface area contributed by atoms with E-state index in [1.54, 1.807) is 6.07 Å². The maximum absolute atomic E-state index is 13.7. The smallest absolute Gasteiger partial charge is 0.146 e. The maximum Gasteiger partial charge on any atom is 0.146 e. The minimum Gasteiger partial charge on any atom is -0.372 e. The predicted molar refractivity (Wildman–Crippen MR) is 62.0 cm³/mol. The van der Waals surface area contributed by atoms with Crippen LogP contribution in [-0.2, 0) is 5.88 Å². The minimum atomic E-state index is -0.170. The number of nitrogens with zero attached hydrogens (tertiary/aromatic N) is 1. The van der Waals surface area contributed by atoms with Gasteiger partial charge in [0.05, 0.1) is 5.69 Å². The third-order valence-corrected chi connectivity index (χ3v) is 3.11. The molecule has 1 fully saturated rings. The molecular formula is C12H15ClFN. The van der Waals surface area contributed by atoms with Gasteiger partial charge in [-0.1, -0.05) is 12.1 Å². The van der Waals surface area contributed by atoms with Crippen molar-refractivity contribution in [2.24, 2.45) is 5.92 Å². The largest absolute Gasteiger partial charge is 0.372 e. The predicted octanol–water partition coefficient (Wildman–Crippen LogP) is 3.41. The lowest BCUT2D eigenvalue weighted by Crippen LogP contribution is -2.22. The topological polar surface area (TPSA) is 3.24 Å². The van der Waals surface area contributed by atoms with Crippen LogP contribution in [0.25, 0.3) is 0 Å². The Morgan fingerprint density at radius 2 is 2.20 bits per heavy atom. The number of anilines is 1. The van der Waals surface area contributed by atoms with E-state index in [4.69, 9.17) is 11.6 Å². The van der Waals surface area contributed by atoms with Gasteiger partial charge in [0.25, 0.3) is 0 Å². The van der Waals surface area contributed by atoms with Crippen molar-refractivity contribution < 1.29 is 4.39 Å². The van der Waals surface area contributed by atoms with Gasteiger partial charge in [-0.2, -0.15) is 0 Å². The van der Waals surface area contributed by atoms with E-state index in [-0.39, 0.29) is 5.82 Å². The fourth-order valence-corrected chi connectivity index (χ4v) is 2.09. The van der Waals surface area contributed by atoms with E-state index >= 15 is 0 Å². The lowest BCUT2D eigenvalue weighted by molar-refractivity contribution is 0.617. The lowest BCUT2D eigenvalue weighted by Gasteiger charge is -2.22. The zero-order chi connectivity index (χ0) is 10.8. The summed E-state index contributed by atoms with van der Waals surface area (Å²) < 4.78 is 13.7. The third kappa shape index (κ3) is 2.43. The number of para-hydroxylation sites is 1. The first-order valence-corrected chi connectivity index (χ1v) is 5.80. The van der Waals surface area contributed by atoms with Gasteiger partial charge >= 0.3 is 0 Å². The highest BCUT2D eigenvalue weighted by molar-refractivity contribution is 6.17. The SMILES string of the molecule is CN(CC1CC1)c1c(F)cccc1CCl. The zero-order valence-corrected chi connectivity index (χ0v) is 9.60. The molecule has 0 saturated heterocycles. The van der Waals surface area contributed by atoms with Gasteiger partial charge in [-0.05, 0) is 30.4 Å². The number of alkyl halides is 1. The first kappa shape index (κ1) is 10.7. The minimum absolute atomic E-state index is 0.170. The van der Waals surface area contributed by atoms with Crippen molar-refractivity contribution in [3.05, 3.63) is 29.6 Å². The molecule has 1 aromatic carbocycles. The summed E-state index contributed by atoms with van der Waals surface area (Å²) in [6.45, 7) is 0.935. The Hall–Kier alpha value is -0.760. The summed E-state index contributed by atoms with van der Waals surface area (Å²) >= 11 is 5.81. The lowest BCUT2D eigenvalue weighted by atomic mass is 10.1. The molecule has 0 aromatic heterocycles. The zero-order valence-electron chi connectivity index (χ0n) is 8.84. The fourth-order valence-electron chi connectivity index (χ4n) is 1.87. The van der Waals surface area contributed by atoms with Gasteiger partial charge in [-0.3, -0.25) is 0 Å². The molecule has 0 atom stereocenters. The molecule has 0 radical (unpaired) electrons. The molecule has 0 spiro atoms. The molecule has 1 aliphatic carbocycles. The number of hydrogen-bond donors (Lipinski definition) is 0. The van der Waals surface area contributed by atoms with E-state index in [1.807, 2.05) is 18.0 Å². The van der Waals surface area contributed by atoms with Crippen LogP contribution in [0.1, 0.15) is 18.4 Å². The van der Waals surface area contributed by atoms with Crippen LogP contribution in [-0.4, -0.2) is 13.6 Å². The fraction of sp³-hybridized carbons (Fsp3) is 0.500. The van der Waals surface area contributed by atoms with Gasteiger partial charge in [-0.25, -0.2) is 4.39 Å². The van der Waals surface area contributed by atoms with E-state index < -0.39 is 0 Å². The molecule has 0 heterocycles. The Bertz CT molecular complexity index is 349. The van der Waals surface area contributed by atoms with Crippen molar-refractivity contribution in [2.75, 3.05) is 18.5 Å². The Labute approximate surface area is 94.8 Å². The molecule has 1 aliphatic rings. The molecule has 1 aromatic rings. The summed E-state index contributed by atoms with van der Waals surface area (Å²) in [4.78, 5) is 1.99. The quantitative estimate of drug-likeness (QED) is 0.713. The molecule has 15 heavy (non-hydrogen) atoms. The molecule has 82 valence electrons. The maximum atomic E-state index is 13.7. The van der Waals surface area contributed by atoms with E-state index in [9.17, 15) is 4.39 Å². The van der Waals surface area contributed by atoms with Gasteiger partial charge in [0.1, 0.15) is 5.82 Å². The number of rotatable bonds is 4. The number of hydrogen-bond acceptors (Lipinski definition) is 1. The molecule has 0 amide bonds. The summed E-state index contributed by atoms with van der Waals surface area (Å²) in [5.74, 6) is 0.941. The van der Waals surface area contributed by atoms with Crippen LogP contribution in [0, 0.1) is 11.7 Å². The number of halogens is 2. The second kappa shape index (κ2) is 4.40. The monoisotopic (exact) mass is 227 g/mol. The molecule has 0 N–H and O–H groups in total. The highest BCUT2D eigenvalue weighted by Crippen LogP contribution is 2.33. The van der Waals surface area contributed by atoms with E-state index in [0.717, 1.165) is 18.0 Å². The highest BCUT2D eigenvalue weighted by Gasteiger charge is 2.24. The van der Waals surface area contributed by atoms with Crippen LogP contribution in [0.3, 0.4) is 0 Å². The average Bonchev–Trinajstić information content (AvgIpc) is 3.00. The first-order chi connectivity index (χ1) is 7.22. The van der Waals surface area contributed by atoms with E-state index in [0.29, 0.717) is 11.6 Å². The standard InChI is InChI=1S/C12H15ClFN/c1-15(8-9-5-6-9)12-10(7-13)3-2-4-11(12)14/h2-4,9H,5-8H2,1H3. The highest BCUT2D eigenvalue weighted by atomic mass is 35.5. The van der Waals surface area contributed by atoms with Crippen molar-refractivity contribution in [1.82, 2.24) is 0 Å². The van der Waals surface area contributed by atoms with Crippen molar-refractivity contribution in [3.8, 4) is 0 Å². The Morgan fingerprint density at radius 3 is 2.80 bits per heavy atom. The summed E-state index contributed by atoms with van der Waals surface area (Å²) in [7, 11) is 1.94. The first-order valence-electron chi connectivity index (χ1n) is 5.27. The van der Waals surface area contributed by atoms with Gasteiger partial charge in [0.2, 0.25) is 0 Å². The molecule has 1 saturated carbocycles.